The van der Waals surface area contributed by atoms with Gasteiger partial charge in [0.05, 0.1) is 0 Å². The second-order valence-corrected chi connectivity index (χ2v) is 11.1. The van der Waals surface area contributed by atoms with Crippen LogP contribution in [0.25, 0.3) is 0 Å². The van der Waals surface area contributed by atoms with Gasteiger partial charge in [-0.1, -0.05) is 31.4 Å². The molecule has 2 atom stereocenters. The highest BCUT2D eigenvalue weighted by Crippen LogP contribution is 2.43. The monoisotopic (exact) mass is 599 g/mol. The number of carbonyl (C=O) groups is 2. The SMILES string of the molecule is CCCCCc1cc(OC(=O)CCCCNC(N)=NC)c(C2C=C(C)CCC2)c(OC(=O)C(N)CCCNC(N)=NC)c1. The maximum atomic E-state index is 13.2. The molecule has 0 heterocycles. The third-order valence-corrected chi connectivity index (χ3v) is 7.51. The third-order valence-electron chi connectivity index (χ3n) is 7.51. The zero-order valence-electron chi connectivity index (χ0n) is 26.5. The first-order valence-electron chi connectivity index (χ1n) is 15.6. The number of unbranched alkanes of at least 4 members (excludes halogenated alkanes) is 3. The van der Waals surface area contributed by atoms with E-state index < -0.39 is 12.0 Å². The van der Waals surface area contributed by atoms with Gasteiger partial charge in [-0.25, -0.2) is 4.79 Å². The van der Waals surface area contributed by atoms with Gasteiger partial charge in [0.25, 0.3) is 0 Å². The summed E-state index contributed by atoms with van der Waals surface area (Å²) in [7, 11) is 3.22. The number of guanidine groups is 2. The van der Waals surface area contributed by atoms with Crippen LogP contribution in [0.5, 0.6) is 11.5 Å². The summed E-state index contributed by atoms with van der Waals surface area (Å²) in [5, 5.41) is 5.97. The van der Waals surface area contributed by atoms with Crippen LogP contribution in [0.15, 0.2) is 33.8 Å². The van der Waals surface area contributed by atoms with E-state index in [0.29, 0.717) is 55.8 Å². The van der Waals surface area contributed by atoms with Gasteiger partial charge < -0.3 is 37.3 Å². The molecule has 2 unspecified atom stereocenters. The number of benzene rings is 1. The van der Waals surface area contributed by atoms with Gasteiger partial charge in [0, 0.05) is 45.1 Å². The summed E-state index contributed by atoms with van der Waals surface area (Å²) in [5.74, 6) is 0.721. The number of aryl methyl sites for hydroxylation is 1. The Labute approximate surface area is 257 Å². The second kappa shape index (κ2) is 19.6. The van der Waals surface area contributed by atoms with E-state index >= 15 is 0 Å². The van der Waals surface area contributed by atoms with Gasteiger partial charge in [-0.05, 0) is 82.4 Å². The average Bonchev–Trinajstić information content (AvgIpc) is 2.98. The molecule has 1 aliphatic carbocycles. The molecule has 0 aromatic heterocycles. The van der Waals surface area contributed by atoms with Gasteiger partial charge >= 0.3 is 11.9 Å². The number of hydrogen-bond acceptors (Lipinski definition) is 7. The maximum absolute atomic E-state index is 13.2. The molecule has 240 valence electrons. The van der Waals surface area contributed by atoms with Crippen molar-refractivity contribution >= 4 is 23.9 Å². The van der Waals surface area contributed by atoms with Crippen LogP contribution < -0.4 is 37.3 Å². The van der Waals surface area contributed by atoms with Crippen molar-refractivity contribution in [3.8, 4) is 11.5 Å². The zero-order chi connectivity index (χ0) is 31.6. The van der Waals surface area contributed by atoms with Crippen molar-refractivity contribution in [3.63, 3.8) is 0 Å². The Bertz CT molecular complexity index is 1130. The molecule has 0 aliphatic heterocycles. The number of rotatable bonds is 17. The summed E-state index contributed by atoms with van der Waals surface area (Å²) in [6.45, 7) is 5.42. The Balaban J connectivity index is 2.30. The van der Waals surface area contributed by atoms with Crippen LogP contribution in [0.1, 0.15) is 102 Å². The molecule has 0 bridgehead atoms. The first-order chi connectivity index (χ1) is 20.7. The smallest absolute Gasteiger partial charge is 0.328 e. The lowest BCUT2D eigenvalue weighted by molar-refractivity contribution is -0.136. The number of allylic oxidation sites excluding steroid dienone is 2. The van der Waals surface area contributed by atoms with Crippen LogP contribution in [0.4, 0.5) is 0 Å². The lowest BCUT2D eigenvalue weighted by Crippen LogP contribution is -2.36. The first-order valence-corrected chi connectivity index (χ1v) is 15.6. The molecule has 0 radical (unpaired) electrons. The van der Waals surface area contributed by atoms with Crippen molar-refractivity contribution < 1.29 is 19.1 Å². The van der Waals surface area contributed by atoms with Gasteiger partial charge in [0.1, 0.15) is 17.5 Å². The van der Waals surface area contributed by atoms with Gasteiger partial charge in [0.15, 0.2) is 11.9 Å². The van der Waals surface area contributed by atoms with E-state index in [2.05, 4.69) is 40.5 Å². The lowest BCUT2D eigenvalue weighted by Gasteiger charge is -2.25. The highest BCUT2D eigenvalue weighted by molar-refractivity contribution is 5.80. The molecule has 0 amide bonds. The average molecular weight is 600 g/mol. The number of nitrogens with one attached hydrogen (secondary N) is 2. The van der Waals surface area contributed by atoms with E-state index in [9.17, 15) is 9.59 Å². The number of esters is 2. The minimum atomic E-state index is -0.812. The van der Waals surface area contributed by atoms with Crippen molar-refractivity contribution in [3.05, 3.63) is 34.9 Å². The van der Waals surface area contributed by atoms with E-state index in [-0.39, 0.29) is 18.3 Å². The number of nitrogens with zero attached hydrogens (tertiary/aromatic N) is 2. The van der Waals surface area contributed by atoms with Gasteiger partial charge in [0.2, 0.25) is 0 Å². The molecular formula is C32H53N7O4. The van der Waals surface area contributed by atoms with E-state index in [4.69, 9.17) is 26.7 Å². The minimum absolute atomic E-state index is 0.0405. The highest BCUT2D eigenvalue weighted by atomic mass is 16.5. The molecule has 0 spiro atoms. The van der Waals surface area contributed by atoms with E-state index in [1.54, 1.807) is 14.1 Å². The molecule has 2 rings (SSSR count). The maximum Gasteiger partial charge on any atom is 0.328 e. The Morgan fingerprint density at radius 2 is 1.63 bits per heavy atom. The first kappa shape index (κ1) is 35.6. The normalized spacial score (nSPS) is 16.3. The van der Waals surface area contributed by atoms with Crippen LogP contribution in [0.2, 0.25) is 0 Å². The van der Waals surface area contributed by atoms with Crippen LogP contribution in [0.3, 0.4) is 0 Å². The van der Waals surface area contributed by atoms with Crippen LogP contribution in [-0.2, 0) is 16.0 Å². The Kier molecular flexibility index (Phi) is 16.2. The highest BCUT2D eigenvalue weighted by Gasteiger charge is 2.27. The fraction of sp³-hybridized carbons (Fsp3) is 0.625. The van der Waals surface area contributed by atoms with E-state index in [1.165, 1.54) is 5.57 Å². The Morgan fingerprint density at radius 1 is 0.977 bits per heavy atom. The van der Waals surface area contributed by atoms with Gasteiger partial charge in [-0.3, -0.25) is 14.8 Å². The molecule has 11 nitrogen and oxygen atoms in total. The number of ether oxygens (including phenoxy) is 2. The fourth-order valence-electron chi connectivity index (χ4n) is 5.03. The van der Waals surface area contributed by atoms with Crippen LogP contribution >= 0.6 is 0 Å². The summed E-state index contributed by atoms with van der Waals surface area (Å²) >= 11 is 0. The van der Waals surface area contributed by atoms with Crippen molar-refractivity contribution in [2.24, 2.45) is 27.2 Å². The number of nitrogens with two attached hydrogens (primary N) is 3. The molecule has 1 aliphatic rings. The summed E-state index contributed by atoms with van der Waals surface area (Å²) in [5.41, 5.74) is 20.6. The minimum Gasteiger partial charge on any atom is -0.426 e. The Hall–Kier alpha value is -3.60. The largest absolute Gasteiger partial charge is 0.426 e. The van der Waals surface area contributed by atoms with Gasteiger partial charge in [-0.2, -0.15) is 0 Å². The van der Waals surface area contributed by atoms with Crippen molar-refractivity contribution in [2.45, 2.75) is 103 Å². The molecular weight excluding hydrogens is 546 g/mol. The summed E-state index contributed by atoms with van der Waals surface area (Å²) in [4.78, 5) is 34.0. The predicted octanol–water partition coefficient (Wildman–Crippen LogP) is 3.79. The second-order valence-electron chi connectivity index (χ2n) is 11.1. The van der Waals surface area contributed by atoms with Crippen LogP contribution in [0, 0.1) is 0 Å². The third kappa shape index (κ3) is 13.1. The molecule has 0 fully saturated rings. The predicted molar refractivity (Wildman–Crippen MR) is 173 cm³/mol. The lowest BCUT2D eigenvalue weighted by atomic mass is 9.84. The topological polar surface area (TPSA) is 179 Å². The van der Waals surface area contributed by atoms with Crippen molar-refractivity contribution in [1.29, 1.82) is 0 Å². The number of carbonyl (C=O) groups excluding carboxylic acids is 2. The Morgan fingerprint density at radius 3 is 2.26 bits per heavy atom. The zero-order valence-corrected chi connectivity index (χ0v) is 26.5. The molecule has 1 aromatic rings. The molecule has 8 N–H and O–H groups in total. The van der Waals surface area contributed by atoms with Crippen molar-refractivity contribution in [1.82, 2.24) is 10.6 Å². The number of aliphatic imine (C=N–C) groups is 2. The van der Waals surface area contributed by atoms with E-state index in [0.717, 1.165) is 62.5 Å². The molecule has 11 heteroatoms. The molecule has 0 saturated carbocycles. The van der Waals surface area contributed by atoms with Crippen LogP contribution in [-0.4, -0.2) is 57.1 Å². The van der Waals surface area contributed by atoms with Gasteiger partial charge in [-0.15, -0.1) is 0 Å². The standard InChI is InChI=1S/C32H53N7O4/c1-5-6-7-13-23-20-26(42-28(40)16-8-9-17-38-31(34)36-3)29(24-14-10-12-22(2)19-24)27(21-23)43-30(41)25(33)15-11-18-39-32(35)37-4/h19-21,24-25H,5-18,33H2,1-4H3,(H3,34,36,38)(H3,35,37,39). The fourth-order valence-corrected chi connectivity index (χ4v) is 5.03. The summed E-state index contributed by atoms with van der Waals surface area (Å²) in [6, 6.07) is 3.06. The van der Waals surface area contributed by atoms with E-state index in [1.807, 2.05) is 12.1 Å². The summed E-state index contributed by atoms with van der Waals surface area (Å²) < 4.78 is 12.1. The molecule has 0 saturated heterocycles. The molecule has 43 heavy (non-hydrogen) atoms. The molecule has 1 aromatic carbocycles. The van der Waals surface area contributed by atoms with Crippen molar-refractivity contribution in [2.75, 3.05) is 27.2 Å². The summed E-state index contributed by atoms with van der Waals surface area (Å²) in [6.07, 6.45) is 11.7. The quantitative estimate of drug-likeness (QED) is 0.0445. The number of hydrogen-bond donors (Lipinski definition) is 5.